The highest BCUT2D eigenvalue weighted by Crippen LogP contribution is 2.42. The van der Waals surface area contributed by atoms with E-state index in [0.717, 1.165) is 21.7 Å². The summed E-state index contributed by atoms with van der Waals surface area (Å²) in [6.45, 7) is 0. The summed E-state index contributed by atoms with van der Waals surface area (Å²) in [5.41, 5.74) is 2.81. The van der Waals surface area contributed by atoms with Crippen LogP contribution in [0.1, 0.15) is 0 Å². The normalized spacial score (nSPS) is 11.5. The van der Waals surface area contributed by atoms with Crippen molar-refractivity contribution >= 4 is 32.7 Å². The Kier molecular flexibility index (Phi) is 2.65. The van der Waals surface area contributed by atoms with Gasteiger partial charge in [-0.1, -0.05) is 36.4 Å². The molecule has 2 heterocycles. The molecule has 0 atom stereocenters. The third-order valence-electron chi connectivity index (χ3n) is 4.43. The van der Waals surface area contributed by atoms with Gasteiger partial charge in [0.25, 0.3) is 0 Å². The van der Waals surface area contributed by atoms with Crippen LogP contribution in [0, 0.1) is 0 Å². The second-order valence-electron chi connectivity index (χ2n) is 5.81. The van der Waals surface area contributed by atoms with Crippen LogP contribution in [0.3, 0.4) is 0 Å². The lowest BCUT2D eigenvalue weighted by molar-refractivity contribution is 0.477. The smallest absolute Gasteiger partial charge is 0.148 e. The summed E-state index contributed by atoms with van der Waals surface area (Å²) >= 11 is 0. The number of hydrogen-bond donors (Lipinski definition) is 1. The van der Waals surface area contributed by atoms with Crippen molar-refractivity contribution < 1.29 is 9.52 Å². The largest absolute Gasteiger partial charge is 0.507 e. The Morgan fingerprint density at radius 3 is 2.54 bits per heavy atom. The predicted octanol–water partition coefficient (Wildman–Crippen LogP) is 5.51. The molecule has 0 aliphatic rings. The van der Waals surface area contributed by atoms with Crippen LogP contribution in [-0.4, -0.2) is 10.1 Å². The fraction of sp³-hybridized carbons (Fsp3) is 0. The van der Waals surface area contributed by atoms with Gasteiger partial charge in [-0.15, -0.1) is 0 Å². The first-order chi connectivity index (χ1) is 11.8. The van der Waals surface area contributed by atoms with Crippen molar-refractivity contribution in [1.29, 1.82) is 0 Å². The van der Waals surface area contributed by atoms with Crippen LogP contribution in [-0.2, 0) is 0 Å². The number of benzene rings is 3. The number of phenolic OH excluding ortho intramolecular Hbond substituents is 1. The Morgan fingerprint density at radius 2 is 1.67 bits per heavy atom. The highest BCUT2D eigenvalue weighted by atomic mass is 16.3. The zero-order valence-corrected chi connectivity index (χ0v) is 12.7. The van der Waals surface area contributed by atoms with E-state index in [0.29, 0.717) is 16.8 Å². The maximum Gasteiger partial charge on any atom is 0.148 e. The molecule has 3 heteroatoms. The molecule has 5 aromatic rings. The number of fused-ring (bicyclic) bond motifs is 5. The number of phenols is 1. The van der Waals surface area contributed by atoms with Gasteiger partial charge in [0.2, 0.25) is 0 Å². The molecule has 1 N–H and O–H groups in total. The van der Waals surface area contributed by atoms with Crippen LogP contribution in [0.2, 0.25) is 0 Å². The molecule has 5 rings (SSSR count). The van der Waals surface area contributed by atoms with Crippen LogP contribution >= 0.6 is 0 Å². The number of furan rings is 1. The lowest BCUT2D eigenvalue weighted by atomic mass is 10.0. The number of rotatable bonds is 1. The van der Waals surface area contributed by atoms with Crippen molar-refractivity contribution in [2.24, 2.45) is 0 Å². The third kappa shape index (κ3) is 1.75. The Labute approximate surface area is 137 Å². The molecule has 0 unspecified atom stereocenters. The minimum Gasteiger partial charge on any atom is -0.507 e. The molecule has 24 heavy (non-hydrogen) atoms. The Bertz CT molecular complexity index is 1210. The summed E-state index contributed by atoms with van der Waals surface area (Å²) in [6, 6.07) is 21.5. The van der Waals surface area contributed by atoms with Gasteiger partial charge in [0, 0.05) is 17.0 Å². The van der Waals surface area contributed by atoms with E-state index >= 15 is 0 Å². The van der Waals surface area contributed by atoms with E-state index < -0.39 is 0 Å². The Balaban J connectivity index is 1.99. The molecule has 114 valence electrons. The van der Waals surface area contributed by atoms with Gasteiger partial charge in [0.15, 0.2) is 0 Å². The molecule has 0 aliphatic carbocycles. The first-order valence-corrected chi connectivity index (χ1v) is 7.80. The van der Waals surface area contributed by atoms with Crippen molar-refractivity contribution in [3.8, 4) is 17.0 Å². The zero-order valence-electron chi connectivity index (χ0n) is 12.7. The summed E-state index contributed by atoms with van der Waals surface area (Å²) in [4.78, 5) is 4.37. The third-order valence-corrected chi connectivity index (χ3v) is 4.43. The second-order valence-corrected chi connectivity index (χ2v) is 5.81. The average Bonchev–Trinajstić information content (AvgIpc) is 3.01. The standard InChI is InChI=1S/C21H13NO2/c23-17-10-9-15-19-14-6-2-1-5-13(14)8-11-18(19)24-21(15)20(17)16-7-3-4-12-22-16/h1-12,23H. The summed E-state index contributed by atoms with van der Waals surface area (Å²) in [5, 5.41) is 14.8. The maximum absolute atomic E-state index is 10.4. The number of pyridine rings is 1. The molecule has 0 saturated heterocycles. The average molecular weight is 311 g/mol. The van der Waals surface area contributed by atoms with Crippen LogP contribution in [0.4, 0.5) is 0 Å². The zero-order chi connectivity index (χ0) is 16.1. The van der Waals surface area contributed by atoms with Crippen molar-refractivity contribution in [3.63, 3.8) is 0 Å². The highest BCUT2D eigenvalue weighted by Gasteiger charge is 2.18. The van der Waals surface area contributed by atoms with Crippen LogP contribution < -0.4 is 0 Å². The SMILES string of the molecule is Oc1ccc2c(oc3ccc4ccccc4c32)c1-c1ccccn1. The van der Waals surface area contributed by atoms with Crippen molar-refractivity contribution in [1.82, 2.24) is 4.98 Å². The molecule has 0 bridgehead atoms. The topological polar surface area (TPSA) is 46.3 Å². The molecule has 0 fully saturated rings. The van der Waals surface area contributed by atoms with E-state index in [4.69, 9.17) is 4.42 Å². The highest BCUT2D eigenvalue weighted by molar-refractivity contribution is 6.21. The first-order valence-electron chi connectivity index (χ1n) is 7.80. The van der Waals surface area contributed by atoms with E-state index in [1.807, 2.05) is 42.5 Å². The molecular weight excluding hydrogens is 298 g/mol. The van der Waals surface area contributed by atoms with Gasteiger partial charge in [-0.3, -0.25) is 4.98 Å². The number of aromatic hydroxyl groups is 1. The van der Waals surface area contributed by atoms with Crippen molar-refractivity contribution in [2.75, 3.05) is 0 Å². The lowest BCUT2D eigenvalue weighted by Gasteiger charge is -2.04. The minimum absolute atomic E-state index is 0.171. The van der Waals surface area contributed by atoms with Gasteiger partial charge < -0.3 is 9.52 Å². The summed E-state index contributed by atoms with van der Waals surface area (Å²) in [7, 11) is 0. The van der Waals surface area contributed by atoms with Gasteiger partial charge in [-0.05, 0) is 41.1 Å². The summed E-state index contributed by atoms with van der Waals surface area (Å²) in [5.74, 6) is 0.171. The Morgan fingerprint density at radius 1 is 0.792 bits per heavy atom. The van der Waals surface area contributed by atoms with E-state index in [2.05, 4.69) is 23.2 Å². The van der Waals surface area contributed by atoms with Crippen LogP contribution in [0.15, 0.2) is 77.3 Å². The second kappa shape index (κ2) is 4.83. The lowest BCUT2D eigenvalue weighted by Crippen LogP contribution is -1.84. The van der Waals surface area contributed by atoms with E-state index in [1.165, 1.54) is 5.39 Å². The molecule has 2 aromatic heterocycles. The van der Waals surface area contributed by atoms with Gasteiger partial charge in [0.1, 0.15) is 16.9 Å². The Hall–Kier alpha value is -3.33. The predicted molar refractivity (Wildman–Crippen MR) is 96.1 cm³/mol. The summed E-state index contributed by atoms with van der Waals surface area (Å²) < 4.78 is 6.13. The van der Waals surface area contributed by atoms with Crippen molar-refractivity contribution in [2.45, 2.75) is 0 Å². The molecular formula is C21H13NO2. The number of nitrogens with zero attached hydrogens (tertiary/aromatic N) is 1. The van der Waals surface area contributed by atoms with E-state index in [-0.39, 0.29) is 5.75 Å². The van der Waals surface area contributed by atoms with E-state index in [9.17, 15) is 5.11 Å². The molecule has 0 amide bonds. The molecule has 0 spiro atoms. The first kappa shape index (κ1) is 13.1. The molecule has 0 aliphatic heterocycles. The van der Waals surface area contributed by atoms with Gasteiger partial charge >= 0.3 is 0 Å². The molecule has 0 radical (unpaired) electrons. The van der Waals surface area contributed by atoms with E-state index in [1.54, 1.807) is 12.3 Å². The quantitative estimate of drug-likeness (QED) is 0.444. The van der Waals surface area contributed by atoms with Crippen LogP contribution in [0.5, 0.6) is 5.75 Å². The van der Waals surface area contributed by atoms with Gasteiger partial charge in [-0.2, -0.15) is 0 Å². The number of hydrogen-bond acceptors (Lipinski definition) is 3. The molecule has 0 saturated carbocycles. The van der Waals surface area contributed by atoms with Gasteiger partial charge in [0.05, 0.1) is 11.3 Å². The number of aromatic nitrogens is 1. The van der Waals surface area contributed by atoms with Gasteiger partial charge in [-0.25, -0.2) is 0 Å². The van der Waals surface area contributed by atoms with Crippen LogP contribution in [0.25, 0.3) is 44.0 Å². The molecule has 3 nitrogen and oxygen atoms in total. The molecule has 3 aromatic carbocycles. The minimum atomic E-state index is 0.171. The fourth-order valence-electron chi connectivity index (χ4n) is 3.36. The van der Waals surface area contributed by atoms with Crippen molar-refractivity contribution in [3.05, 3.63) is 72.9 Å². The maximum atomic E-state index is 10.4. The monoisotopic (exact) mass is 311 g/mol. The summed E-state index contributed by atoms with van der Waals surface area (Å²) in [6.07, 6.45) is 1.71. The fourth-order valence-corrected chi connectivity index (χ4v) is 3.36.